The molecule has 5 atom stereocenters. The minimum Gasteiger partial charge on any atom is -0.462 e. The van der Waals surface area contributed by atoms with Crippen LogP contribution in [-0.4, -0.2) is 59.8 Å². The zero-order valence-electron chi connectivity index (χ0n) is 20.2. The normalized spacial score (nSPS) is 29.9. The molecule has 3 saturated carbocycles. The molecule has 0 aromatic heterocycles. The third kappa shape index (κ3) is 8.69. The molecule has 0 saturated heterocycles. The first kappa shape index (κ1) is 27.8. The standard InChI is InChI=1S/C26H41ClO6S/c27-23-17-25(29)22(14-15-24(28)19-9-3-1-4-10-19)21(23)13-7-8-16-34(31,32)18-26(30)33-20-11-5-2-6-12-20/h19-25,28-29H,1-13,16-18H2/t21-,22-,23-,24?,25-/m1/s1. The number of halogens is 1. The second-order valence-electron chi connectivity index (χ2n) is 10.5. The average Bonchev–Trinajstić information content (AvgIpc) is 3.07. The zero-order chi connectivity index (χ0) is 24.6. The van der Waals surface area contributed by atoms with E-state index in [-0.39, 0.29) is 35.0 Å². The van der Waals surface area contributed by atoms with Gasteiger partial charge in [0.05, 0.1) is 17.8 Å². The van der Waals surface area contributed by atoms with Gasteiger partial charge in [-0.2, -0.15) is 0 Å². The molecule has 3 aliphatic rings. The highest BCUT2D eigenvalue weighted by Crippen LogP contribution is 2.39. The molecule has 194 valence electrons. The van der Waals surface area contributed by atoms with Crippen LogP contribution in [-0.2, 0) is 19.4 Å². The van der Waals surface area contributed by atoms with E-state index >= 15 is 0 Å². The van der Waals surface area contributed by atoms with Crippen molar-refractivity contribution in [1.29, 1.82) is 0 Å². The van der Waals surface area contributed by atoms with Gasteiger partial charge in [0.1, 0.15) is 18.0 Å². The van der Waals surface area contributed by atoms with Crippen LogP contribution in [0.1, 0.15) is 89.9 Å². The number of sulfone groups is 1. The zero-order valence-corrected chi connectivity index (χ0v) is 21.7. The maximum absolute atomic E-state index is 12.4. The molecular weight excluding hydrogens is 476 g/mol. The monoisotopic (exact) mass is 516 g/mol. The Morgan fingerprint density at radius 3 is 2.35 bits per heavy atom. The van der Waals surface area contributed by atoms with Gasteiger partial charge in [-0.15, -0.1) is 11.6 Å². The summed E-state index contributed by atoms with van der Waals surface area (Å²) in [4.78, 5) is 12.0. The fourth-order valence-electron chi connectivity index (χ4n) is 5.73. The van der Waals surface area contributed by atoms with Gasteiger partial charge in [-0.25, -0.2) is 8.42 Å². The van der Waals surface area contributed by atoms with Crippen LogP contribution in [0.15, 0.2) is 0 Å². The highest BCUT2D eigenvalue weighted by atomic mass is 35.5. The first-order valence-electron chi connectivity index (χ1n) is 13.2. The molecule has 6 nitrogen and oxygen atoms in total. The van der Waals surface area contributed by atoms with Gasteiger partial charge in [0, 0.05) is 5.38 Å². The minimum atomic E-state index is -3.52. The van der Waals surface area contributed by atoms with Crippen molar-refractivity contribution in [2.75, 3.05) is 11.5 Å². The number of carbonyl (C=O) groups is 1. The summed E-state index contributed by atoms with van der Waals surface area (Å²) in [6.45, 7) is 0. The Labute approximate surface area is 210 Å². The van der Waals surface area contributed by atoms with Crippen LogP contribution in [0.2, 0.25) is 0 Å². The Balaban J connectivity index is 1.43. The third-order valence-corrected chi connectivity index (χ3v) is 9.82. The van der Waals surface area contributed by atoms with Crippen LogP contribution in [0.4, 0.5) is 0 Å². The average molecular weight is 517 g/mol. The molecule has 0 aromatic carbocycles. The maximum Gasteiger partial charge on any atom is 0.321 e. The Bertz CT molecular complexity index is 807. The second-order valence-corrected chi connectivity index (χ2v) is 13.2. The van der Waals surface area contributed by atoms with E-state index in [4.69, 9.17) is 16.3 Å². The predicted octanol–water partition coefficient (Wildman–Crippen LogP) is 4.00. The number of hydrogen-bond donors (Lipinski definition) is 2. The van der Waals surface area contributed by atoms with E-state index in [1.807, 2.05) is 0 Å². The van der Waals surface area contributed by atoms with E-state index < -0.39 is 33.8 Å². The number of hydrogen-bond acceptors (Lipinski definition) is 6. The van der Waals surface area contributed by atoms with Crippen LogP contribution in [0.5, 0.6) is 0 Å². The fourth-order valence-corrected chi connectivity index (χ4v) is 7.41. The number of esters is 1. The summed E-state index contributed by atoms with van der Waals surface area (Å²) >= 11 is 6.49. The lowest BCUT2D eigenvalue weighted by Gasteiger charge is -2.24. The van der Waals surface area contributed by atoms with Crippen LogP contribution < -0.4 is 0 Å². The van der Waals surface area contributed by atoms with Gasteiger partial charge in [0.25, 0.3) is 0 Å². The van der Waals surface area contributed by atoms with E-state index in [0.29, 0.717) is 25.7 Å². The quantitative estimate of drug-likeness (QED) is 0.208. The van der Waals surface area contributed by atoms with E-state index in [9.17, 15) is 23.4 Å². The van der Waals surface area contributed by atoms with Gasteiger partial charge in [0.15, 0.2) is 9.84 Å². The largest absolute Gasteiger partial charge is 0.462 e. The lowest BCUT2D eigenvalue weighted by Crippen LogP contribution is -2.27. The Hall–Kier alpha value is -0.810. The molecule has 0 aliphatic heterocycles. The fraction of sp³-hybridized carbons (Fsp3) is 0.885. The summed E-state index contributed by atoms with van der Waals surface area (Å²) in [5, 5.41) is 20.7. The first-order chi connectivity index (χ1) is 16.2. The van der Waals surface area contributed by atoms with Crippen molar-refractivity contribution in [2.45, 2.75) is 114 Å². The van der Waals surface area contributed by atoms with Crippen molar-refractivity contribution in [3.8, 4) is 11.8 Å². The summed E-state index contributed by atoms with van der Waals surface area (Å²) in [5.41, 5.74) is 0. The van der Waals surface area contributed by atoms with Crippen LogP contribution in [0.3, 0.4) is 0 Å². The van der Waals surface area contributed by atoms with Gasteiger partial charge in [-0.1, -0.05) is 43.9 Å². The summed E-state index contributed by atoms with van der Waals surface area (Å²) in [7, 11) is -3.52. The molecule has 0 radical (unpaired) electrons. The van der Waals surface area contributed by atoms with E-state index in [0.717, 1.165) is 57.8 Å². The molecule has 0 bridgehead atoms. The number of unbranched alkanes of at least 4 members (excludes halogenated alkanes) is 1. The Morgan fingerprint density at radius 1 is 1.03 bits per heavy atom. The minimum absolute atomic E-state index is 0.0401. The van der Waals surface area contributed by atoms with Gasteiger partial charge >= 0.3 is 5.97 Å². The first-order valence-corrected chi connectivity index (χ1v) is 15.4. The van der Waals surface area contributed by atoms with Crippen molar-refractivity contribution in [2.24, 2.45) is 17.8 Å². The topological polar surface area (TPSA) is 101 Å². The van der Waals surface area contributed by atoms with Crippen molar-refractivity contribution >= 4 is 27.4 Å². The number of aliphatic hydroxyl groups is 2. The molecule has 0 aromatic rings. The number of rotatable bonds is 9. The van der Waals surface area contributed by atoms with Gasteiger partial charge < -0.3 is 14.9 Å². The van der Waals surface area contributed by atoms with Crippen LogP contribution in [0, 0.1) is 29.6 Å². The molecule has 3 aliphatic carbocycles. The summed E-state index contributed by atoms with van der Waals surface area (Å²) in [6.07, 6.45) is 11.0. The van der Waals surface area contributed by atoms with Gasteiger partial charge in [-0.05, 0) is 69.6 Å². The van der Waals surface area contributed by atoms with Crippen molar-refractivity contribution in [1.82, 2.24) is 0 Å². The Morgan fingerprint density at radius 2 is 1.68 bits per heavy atom. The van der Waals surface area contributed by atoms with Crippen molar-refractivity contribution in [3.63, 3.8) is 0 Å². The van der Waals surface area contributed by atoms with Gasteiger partial charge in [0.2, 0.25) is 0 Å². The third-order valence-electron chi connectivity index (χ3n) is 7.73. The molecule has 1 unspecified atom stereocenters. The van der Waals surface area contributed by atoms with E-state index in [2.05, 4.69) is 11.8 Å². The van der Waals surface area contributed by atoms with Crippen molar-refractivity contribution in [3.05, 3.63) is 0 Å². The molecule has 0 amide bonds. The number of alkyl halides is 1. The lowest BCUT2D eigenvalue weighted by atomic mass is 9.84. The number of carbonyl (C=O) groups excluding carboxylic acids is 1. The summed E-state index contributed by atoms with van der Waals surface area (Å²) in [5.74, 6) is 4.70. The predicted molar refractivity (Wildman–Crippen MR) is 133 cm³/mol. The Kier molecular flexibility index (Phi) is 11.0. The molecular formula is C26H41ClO6S. The maximum atomic E-state index is 12.4. The molecule has 0 spiro atoms. The smallest absolute Gasteiger partial charge is 0.321 e. The molecule has 34 heavy (non-hydrogen) atoms. The number of ether oxygens (including phenoxy) is 1. The molecule has 0 heterocycles. The van der Waals surface area contributed by atoms with Gasteiger partial charge in [-0.3, -0.25) is 4.79 Å². The SMILES string of the molecule is O=C(CS(=O)(=O)CCCC[C@@H]1[C@@H](C#CC(O)C2CCCCC2)[C@H](O)C[C@H]1Cl)OC1CCCCC1. The molecule has 8 heteroatoms. The van der Waals surface area contributed by atoms with E-state index in [1.54, 1.807) is 0 Å². The van der Waals surface area contributed by atoms with Crippen LogP contribution >= 0.6 is 11.6 Å². The summed E-state index contributed by atoms with van der Waals surface area (Å²) in [6, 6.07) is 0. The highest BCUT2D eigenvalue weighted by Gasteiger charge is 2.40. The number of aliphatic hydroxyl groups excluding tert-OH is 2. The van der Waals surface area contributed by atoms with E-state index in [1.165, 1.54) is 6.42 Å². The van der Waals surface area contributed by atoms with Crippen LogP contribution in [0.25, 0.3) is 0 Å². The highest BCUT2D eigenvalue weighted by molar-refractivity contribution is 7.92. The van der Waals surface area contributed by atoms with Crippen molar-refractivity contribution < 1.29 is 28.2 Å². The second kappa shape index (κ2) is 13.5. The summed E-state index contributed by atoms with van der Waals surface area (Å²) < 4.78 is 30.1. The molecule has 3 rings (SSSR count). The lowest BCUT2D eigenvalue weighted by molar-refractivity contribution is -0.147. The molecule has 3 fully saturated rings. The molecule has 2 N–H and O–H groups in total.